The Balaban J connectivity index is 1.85. The fourth-order valence-corrected chi connectivity index (χ4v) is 3.65. The van der Waals surface area contributed by atoms with Crippen LogP contribution >= 0.6 is 0 Å². The molecule has 5 nitrogen and oxygen atoms in total. The maximum Gasteiger partial charge on any atom is 0.308 e. The van der Waals surface area contributed by atoms with Crippen LogP contribution in [-0.4, -0.2) is 50.1 Å². The number of hydrogen-bond acceptors (Lipinski definition) is 3. The van der Waals surface area contributed by atoms with Crippen molar-refractivity contribution in [1.82, 2.24) is 10.2 Å². The fraction of sp³-hybridized carbons (Fsp3) is 0.889. The summed E-state index contributed by atoms with van der Waals surface area (Å²) < 4.78 is 4.87. The number of nitrogens with zero attached hydrogens (tertiary/aromatic N) is 2. The Morgan fingerprint density at radius 2 is 1.83 bits per heavy atom. The first kappa shape index (κ1) is 18.1. The second-order valence-corrected chi connectivity index (χ2v) is 7.11. The van der Waals surface area contributed by atoms with Gasteiger partial charge in [-0.15, -0.1) is 0 Å². The highest BCUT2D eigenvalue weighted by atomic mass is 16.5. The predicted octanol–water partition coefficient (Wildman–Crippen LogP) is 2.66. The molecule has 1 heterocycles. The Morgan fingerprint density at radius 1 is 1.17 bits per heavy atom. The number of esters is 1. The molecule has 0 amide bonds. The summed E-state index contributed by atoms with van der Waals surface area (Å²) >= 11 is 0. The topological polar surface area (TPSA) is 53.9 Å². The maximum atomic E-state index is 11.6. The number of carbonyl (C=O) groups is 1. The van der Waals surface area contributed by atoms with Gasteiger partial charge in [0.05, 0.1) is 13.0 Å². The molecule has 0 aromatic rings. The molecule has 1 saturated heterocycles. The van der Waals surface area contributed by atoms with Crippen LogP contribution in [0.15, 0.2) is 4.99 Å². The van der Waals surface area contributed by atoms with Gasteiger partial charge >= 0.3 is 5.97 Å². The average molecular weight is 323 g/mol. The highest BCUT2D eigenvalue weighted by molar-refractivity contribution is 5.80. The summed E-state index contributed by atoms with van der Waals surface area (Å²) in [6, 6.07) is 0. The van der Waals surface area contributed by atoms with Crippen LogP contribution in [0.2, 0.25) is 0 Å². The standard InChI is InChI=1S/C18H33N3O2/c1-4-19-18(20-13-15-7-5-14(2)6-8-15)21-11-9-16(10-12-21)17(22)23-3/h14-16H,4-13H2,1-3H3,(H,19,20). The van der Waals surface area contributed by atoms with Crippen molar-refractivity contribution in [3.05, 3.63) is 0 Å². The molecule has 0 bridgehead atoms. The number of guanidine groups is 1. The van der Waals surface area contributed by atoms with Gasteiger partial charge in [0.2, 0.25) is 0 Å². The number of likely N-dealkylation sites (tertiary alicyclic amines) is 1. The zero-order valence-corrected chi connectivity index (χ0v) is 15.0. The molecular weight excluding hydrogens is 290 g/mol. The monoisotopic (exact) mass is 323 g/mol. The molecular formula is C18H33N3O2. The molecule has 5 heteroatoms. The highest BCUT2D eigenvalue weighted by Gasteiger charge is 2.27. The molecule has 23 heavy (non-hydrogen) atoms. The van der Waals surface area contributed by atoms with Crippen LogP contribution in [0, 0.1) is 17.8 Å². The maximum absolute atomic E-state index is 11.6. The summed E-state index contributed by atoms with van der Waals surface area (Å²) in [7, 11) is 1.48. The van der Waals surface area contributed by atoms with Crippen LogP contribution in [0.5, 0.6) is 0 Å². The molecule has 132 valence electrons. The first-order valence-electron chi connectivity index (χ1n) is 9.25. The molecule has 1 saturated carbocycles. The van der Waals surface area contributed by atoms with E-state index in [4.69, 9.17) is 9.73 Å². The van der Waals surface area contributed by atoms with Gasteiger partial charge in [0, 0.05) is 26.2 Å². The quantitative estimate of drug-likeness (QED) is 0.491. The molecule has 0 unspecified atom stereocenters. The second kappa shape index (κ2) is 9.14. The zero-order chi connectivity index (χ0) is 16.7. The van der Waals surface area contributed by atoms with Crippen molar-refractivity contribution in [2.24, 2.45) is 22.7 Å². The number of nitrogens with one attached hydrogen (secondary N) is 1. The number of carbonyl (C=O) groups excluding carboxylic acids is 1. The lowest BCUT2D eigenvalue weighted by Gasteiger charge is -2.33. The van der Waals surface area contributed by atoms with Crippen LogP contribution in [-0.2, 0) is 9.53 Å². The van der Waals surface area contributed by atoms with Crippen molar-refractivity contribution < 1.29 is 9.53 Å². The van der Waals surface area contributed by atoms with Gasteiger partial charge in [-0.25, -0.2) is 0 Å². The molecule has 0 atom stereocenters. The highest BCUT2D eigenvalue weighted by Crippen LogP contribution is 2.28. The minimum atomic E-state index is -0.0667. The van der Waals surface area contributed by atoms with Gasteiger partial charge in [-0.1, -0.05) is 19.8 Å². The van der Waals surface area contributed by atoms with Crippen molar-refractivity contribution in [2.75, 3.05) is 33.3 Å². The van der Waals surface area contributed by atoms with E-state index in [9.17, 15) is 4.79 Å². The predicted molar refractivity (Wildman–Crippen MR) is 93.4 cm³/mol. The Morgan fingerprint density at radius 3 is 2.39 bits per heavy atom. The normalized spacial score (nSPS) is 26.9. The van der Waals surface area contributed by atoms with E-state index in [0.29, 0.717) is 0 Å². The van der Waals surface area contributed by atoms with E-state index in [0.717, 1.165) is 56.8 Å². The first-order valence-corrected chi connectivity index (χ1v) is 9.25. The SMILES string of the molecule is CCNC(=NCC1CCC(C)CC1)N1CCC(C(=O)OC)CC1. The van der Waals surface area contributed by atoms with E-state index >= 15 is 0 Å². The lowest BCUT2D eigenvalue weighted by molar-refractivity contribution is -0.146. The van der Waals surface area contributed by atoms with Crippen molar-refractivity contribution in [2.45, 2.75) is 52.4 Å². The van der Waals surface area contributed by atoms with E-state index in [2.05, 4.69) is 24.1 Å². The number of hydrogen-bond donors (Lipinski definition) is 1. The molecule has 2 aliphatic rings. The van der Waals surface area contributed by atoms with Crippen LogP contribution in [0.1, 0.15) is 52.4 Å². The summed E-state index contributed by atoms with van der Waals surface area (Å²) in [6.07, 6.45) is 7.04. The molecule has 1 N–H and O–H groups in total. The summed E-state index contributed by atoms with van der Waals surface area (Å²) in [5.74, 6) is 2.64. The van der Waals surface area contributed by atoms with E-state index < -0.39 is 0 Å². The summed E-state index contributed by atoms with van der Waals surface area (Å²) in [6.45, 7) is 8.05. The molecule has 0 radical (unpaired) electrons. The van der Waals surface area contributed by atoms with Gasteiger partial charge in [0.1, 0.15) is 0 Å². The third kappa shape index (κ3) is 5.40. The minimum Gasteiger partial charge on any atom is -0.469 e. The van der Waals surface area contributed by atoms with Crippen LogP contribution < -0.4 is 5.32 Å². The van der Waals surface area contributed by atoms with Gasteiger partial charge in [0.25, 0.3) is 0 Å². The number of aliphatic imine (C=N–C) groups is 1. The Hall–Kier alpha value is -1.26. The van der Waals surface area contributed by atoms with Crippen molar-refractivity contribution >= 4 is 11.9 Å². The zero-order valence-electron chi connectivity index (χ0n) is 15.0. The molecule has 0 spiro atoms. The average Bonchev–Trinajstić information content (AvgIpc) is 2.59. The minimum absolute atomic E-state index is 0.0546. The third-order valence-corrected chi connectivity index (χ3v) is 5.30. The van der Waals surface area contributed by atoms with Crippen molar-refractivity contribution in [3.63, 3.8) is 0 Å². The molecule has 0 aromatic carbocycles. The van der Waals surface area contributed by atoms with E-state index in [1.54, 1.807) is 0 Å². The third-order valence-electron chi connectivity index (χ3n) is 5.30. The lowest BCUT2D eigenvalue weighted by atomic mass is 9.83. The largest absolute Gasteiger partial charge is 0.469 e. The summed E-state index contributed by atoms with van der Waals surface area (Å²) in [5.41, 5.74) is 0. The van der Waals surface area contributed by atoms with Crippen molar-refractivity contribution in [1.29, 1.82) is 0 Å². The Kier molecular flexibility index (Phi) is 7.18. The van der Waals surface area contributed by atoms with Gasteiger partial charge in [-0.3, -0.25) is 9.79 Å². The second-order valence-electron chi connectivity index (χ2n) is 7.11. The van der Waals surface area contributed by atoms with Gasteiger partial charge < -0.3 is 15.0 Å². The van der Waals surface area contributed by atoms with Crippen LogP contribution in [0.3, 0.4) is 0 Å². The van der Waals surface area contributed by atoms with Gasteiger partial charge in [-0.2, -0.15) is 0 Å². The molecule has 0 aromatic heterocycles. The fourth-order valence-electron chi connectivity index (χ4n) is 3.65. The van der Waals surface area contributed by atoms with E-state index in [1.165, 1.54) is 32.8 Å². The Labute approximate surface area is 140 Å². The molecule has 1 aliphatic heterocycles. The summed E-state index contributed by atoms with van der Waals surface area (Å²) in [4.78, 5) is 18.8. The number of methoxy groups -OCH3 is 1. The number of ether oxygens (including phenoxy) is 1. The number of piperidine rings is 1. The smallest absolute Gasteiger partial charge is 0.308 e. The van der Waals surface area contributed by atoms with Gasteiger partial charge in [0.15, 0.2) is 5.96 Å². The van der Waals surface area contributed by atoms with Crippen LogP contribution in [0.25, 0.3) is 0 Å². The lowest BCUT2D eigenvalue weighted by Crippen LogP contribution is -2.46. The Bertz CT molecular complexity index is 395. The molecule has 2 rings (SSSR count). The van der Waals surface area contributed by atoms with E-state index in [-0.39, 0.29) is 11.9 Å². The summed E-state index contributed by atoms with van der Waals surface area (Å²) in [5, 5.41) is 3.42. The molecule has 1 aliphatic carbocycles. The van der Waals surface area contributed by atoms with Crippen molar-refractivity contribution in [3.8, 4) is 0 Å². The first-order chi connectivity index (χ1) is 11.1. The van der Waals surface area contributed by atoms with Gasteiger partial charge in [-0.05, 0) is 44.4 Å². The molecule has 2 fully saturated rings. The van der Waals surface area contributed by atoms with E-state index in [1.807, 2.05) is 0 Å². The van der Waals surface area contributed by atoms with Crippen LogP contribution in [0.4, 0.5) is 0 Å². The number of rotatable bonds is 4.